The van der Waals surface area contributed by atoms with Crippen LogP contribution in [-0.4, -0.2) is 110 Å². The van der Waals surface area contributed by atoms with Crippen LogP contribution in [0.3, 0.4) is 0 Å². The third kappa shape index (κ3) is 5.16. The molecule has 2 heterocycles. The van der Waals surface area contributed by atoms with E-state index in [2.05, 4.69) is 27.1 Å². The highest BCUT2D eigenvalue weighted by atomic mass is 16.3. The molecule has 0 aromatic heterocycles. The van der Waals surface area contributed by atoms with Crippen LogP contribution in [0.25, 0.3) is 0 Å². The molecule has 2 aliphatic heterocycles. The van der Waals surface area contributed by atoms with Crippen molar-refractivity contribution in [2.75, 3.05) is 79.2 Å². The number of nitrogens with zero attached hydrogens (tertiary/aromatic N) is 3. The fourth-order valence-corrected chi connectivity index (χ4v) is 3.62. The SMILES string of the molecule is CN(CCO)C1CNCCC1CN1CCN(CCO)CC1. The summed E-state index contributed by atoms with van der Waals surface area (Å²) < 4.78 is 0. The lowest BCUT2D eigenvalue weighted by atomic mass is 9.90. The quantitative estimate of drug-likeness (QED) is 0.532. The number of β-amino-alcohol motifs (C(OH)–C–C–N with tert-alkyl or cyclic N) is 1. The molecule has 0 spiro atoms. The fourth-order valence-electron chi connectivity index (χ4n) is 3.62. The van der Waals surface area contributed by atoms with Gasteiger partial charge in [-0.15, -0.1) is 0 Å². The normalized spacial score (nSPS) is 29.1. The first kappa shape index (κ1) is 17.1. The Morgan fingerprint density at radius 2 is 1.81 bits per heavy atom. The van der Waals surface area contributed by atoms with Gasteiger partial charge in [-0.25, -0.2) is 0 Å². The van der Waals surface area contributed by atoms with E-state index in [1.807, 2.05) is 0 Å². The summed E-state index contributed by atoms with van der Waals surface area (Å²) in [6.45, 7) is 9.74. The largest absolute Gasteiger partial charge is 0.395 e. The van der Waals surface area contributed by atoms with Gasteiger partial charge in [-0.3, -0.25) is 9.80 Å². The Bertz CT molecular complexity index is 285. The van der Waals surface area contributed by atoms with Gasteiger partial charge in [-0.2, -0.15) is 0 Å². The van der Waals surface area contributed by atoms with E-state index >= 15 is 0 Å². The molecule has 0 aromatic rings. The molecule has 2 unspecified atom stereocenters. The summed E-state index contributed by atoms with van der Waals surface area (Å²) in [5.41, 5.74) is 0. The van der Waals surface area contributed by atoms with Crippen molar-refractivity contribution in [3.8, 4) is 0 Å². The lowest BCUT2D eigenvalue weighted by molar-refractivity contribution is 0.0621. The molecule has 21 heavy (non-hydrogen) atoms. The number of likely N-dealkylation sites (N-methyl/N-ethyl adjacent to an activating group) is 1. The van der Waals surface area contributed by atoms with Gasteiger partial charge >= 0.3 is 0 Å². The van der Waals surface area contributed by atoms with E-state index in [9.17, 15) is 0 Å². The van der Waals surface area contributed by atoms with Crippen molar-refractivity contribution < 1.29 is 10.2 Å². The van der Waals surface area contributed by atoms with Crippen LogP contribution in [0, 0.1) is 5.92 Å². The van der Waals surface area contributed by atoms with E-state index in [0.29, 0.717) is 12.0 Å². The molecule has 0 bridgehead atoms. The maximum atomic E-state index is 9.16. The van der Waals surface area contributed by atoms with Gasteiger partial charge in [-0.05, 0) is 25.9 Å². The minimum atomic E-state index is 0.236. The lowest BCUT2D eigenvalue weighted by Gasteiger charge is -2.42. The number of nitrogens with one attached hydrogen (secondary N) is 1. The molecule has 124 valence electrons. The minimum Gasteiger partial charge on any atom is -0.395 e. The van der Waals surface area contributed by atoms with Gasteiger partial charge in [0.1, 0.15) is 0 Å². The predicted molar refractivity (Wildman–Crippen MR) is 84.4 cm³/mol. The van der Waals surface area contributed by atoms with Gasteiger partial charge in [0, 0.05) is 58.4 Å². The third-order valence-electron chi connectivity index (χ3n) is 4.98. The summed E-state index contributed by atoms with van der Waals surface area (Å²) in [4.78, 5) is 7.22. The zero-order valence-electron chi connectivity index (χ0n) is 13.4. The second kappa shape index (κ2) is 9.02. The Morgan fingerprint density at radius 1 is 1.10 bits per heavy atom. The molecule has 2 saturated heterocycles. The number of hydrogen-bond acceptors (Lipinski definition) is 6. The van der Waals surface area contributed by atoms with Crippen LogP contribution in [0.15, 0.2) is 0 Å². The molecule has 0 amide bonds. The fraction of sp³-hybridized carbons (Fsp3) is 1.00. The molecule has 2 aliphatic rings. The van der Waals surface area contributed by atoms with Gasteiger partial charge in [-0.1, -0.05) is 0 Å². The molecular formula is C15H32N4O2. The molecule has 0 aromatic carbocycles. The van der Waals surface area contributed by atoms with Gasteiger partial charge < -0.3 is 20.4 Å². The smallest absolute Gasteiger partial charge is 0.0558 e. The van der Waals surface area contributed by atoms with E-state index in [0.717, 1.165) is 58.9 Å². The van der Waals surface area contributed by atoms with Gasteiger partial charge in [0.15, 0.2) is 0 Å². The average molecular weight is 300 g/mol. The minimum absolute atomic E-state index is 0.236. The van der Waals surface area contributed by atoms with Crippen LogP contribution in [0.4, 0.5) is 0 Å². The number of rotatable bonds is 7. The molecule has 0 radical (unpaired) electrons. The van der Waals surface area contributed by atoms with Crippen LogP contribution in [-0.2, 0) is 0 Å². The van der Waals surface area contributed by atoms with Crippen molar-refractivity contribution in [1.29, 1.82) is 0 Å². The maximum Gasteiger partial charge on any atom is 0.0558 e. The van der Waals surface area contributed by atoms with E-state index in [-0.39, 0.29) is 13.2 Å². The van der Waals surface area contributed by atoms with Crippen LogP contribution in [0.5, 0.6) is 0 Å². The Morgan fingerprint density at radius 3 is 2.48 bits per heavy atom. The third-order valence-corrected chi connectivity index (χ3v) is 4.98. The zero-order valence-corrected chi connectivity index (χ0v) is 13.4. The molecule has 6 nitrogen and oxygen atoms in total. The Balaban J connectivity index is 1.80. The molecule has 0 saturated carbocycles. The second-order valence-electron chi connectivity index (χ2n) is 6.39. The number of piperazine rings is 1. The lowest BCUT2D eigenvalue weighted by Crippen LogP contribution is -2.55. The van der Waals surface area contributed by atoms with E-state index in [1.54, 1.807) is 0 Å². The topological polar surface area (TPSA) is 62.2 Å². The summed E-state index contributed by atoms with van der Waals surface area (Å²) in [6.07, 6.45) is 1.22. The summed E-state index contributed by atoms with van der Waals surface area (Å²) >= 11 is 0. The first-order chi connectivity index (χ1) is 10.2. The highest BCUT2D eigenvalue weighted by Gasteiger charge is 2.30. The van der Waals surface area contributed by atoms with Crippen LogP contribution < -0.4 is 5.32 Å². The van der Waals surface area contributed by atoms with Crippen molar-refractivity contribution >= 4 is 0 Å². The summed E-state index contributed by atoms with van der Waals surface area (Å²) in [6, 6.07) is 0.529. The van der Waals surface area contributed by atoms with Gasteiger partial charge in [0.25, 0.3) is 0 Å². The maximum absolute atomic E-state index is 9.16. The number of aliphatic hydroxyl groups excluding tert-OH is 2. The van der Waals surface area contributed by atoms with Crippen molar-refractivity contribution in [2.45, 2.75) is 12.5 Å². The van der Waals surface area contributed by atoms with E-state index < -0.39 is 0 Å². The summed E-state index contributed by atoms with van der Waals surface area (Å²) in [5, 5.41) is 21.6. The number of aliphatic hydroxyl groups is 2. The van der Waals surface area contributed by atoms with Crippen LogP contribution in [0.1, 0.15) is 6.42 Å². The standard InChI is InChI=1S/C15H32N4O2/c1-17(8-10-20)15-12-16-3-2-14(15)13-19-6-4-18(5-7-19)9-11-21/h14-16,20-21H,2-13H2,1H3. The highest BCUT2D eigenvalue weighted by Crippen LogP contribution is 2.19. The van der Waals surface area contributed by atoms with Crippen molar-refractivity contribution in [3.63, 3.8) is 0 Å². The molecular weight excluding hydrogens is 268 g/mol. The Hall–Kier alpha value is -0.240. The van der Waals surface area contributed by atoms with Crippen LogP contribution in [0.2, 0.25) is 0 Å². The zero-order chi connectivity index (χ0) is 15.1. The molecule has 2 rings (SSSR count). The summed E-state index contributed by atoms with van der Waals surface area (Å²) in [5.74, 6) is 0.687. The van der Waals surface area contributed by atoms with Gasteiger partial charge in [0.2, 0.25) is 0 Å². The molecule has 6 heteroatoms. The first-order valence-electron chi connectivity index (χ1n) is 8.32. The Labute approximate surface area is 128 Å². The predicted octanol–water partition coefficient (Wildman–Crippen LogP) is -1.50. The van der Waals surface area contributed by atoms with Crippen molar-refractivity contribution in [1.82, 2.24) is 20.0 Å². The molecule has 2 fully saturated rings. The Kier molecular flexibility index (Phi) is 7.36. The number of piperidine rings is 1. The first-order valence-corrected chi connectivity index (χ1v) is 8.32. The van der Waals surface area contributed by atoms with Crippen LogP contribution >= 0.6 is 0 Å². The van der Waals surface area contributed by atoms with E-state index in [4.69, 9.17) is 10.2 Å². The monoisotopic (exact) mass is 300 g/mol. The summed E-state index contributed by atoms with van der Waals surface area (Å²) in [7, 11) is 2.13. The average Bonchev–Trinajstić information content (AvgIpc) is 2.50. The molecule has 2 atom stereocenters. The van der Waals surface area contributed by atoms with E-state index in [1.165, 1.54) is 6.42 Å². The molecule has 3 N–H and O–H groups in total. The molecule has 0 aliphatic carbocycles. The second-order valence-corrected chi connectivity index (χ2v) is 6.39. The van der Waals surface area contributed by atoms with Crippen molar-refractivity contribution in [3.05, 3.63) is 0 Å². The number of hydrogen-bond donors (Lipinski definition) is 3. The highest BCUT2D eigenvalue weighted by molar-refractivity contribution is 4.87. The van der Waals surface area contributed by atoms with Crippen molar-refractivity contribution in [2.24, 2.45) is 5.92 Å². The van der Waals surface area contributed by atoms with Gasteiger partial charge in [0.05, 0.1) is 13.2 Å².